The van der Waals surface area contributed by atoms with E-state index in [1.807, 2.05) is 16.8 Å². The molecule has 0 atom stereocenters. The highest BCUT2D eigenvalue weighted by molar-refractivity contribution is 7.13. The molecule has 3 heterocycles. The Balaban J connectivity index is 1.67. The highest BCUT2D eigenvalue weighted by Gasteiger charge is 2.10. The number of carbonyl (C=O) groups is 1. The summed E-state index contributed by atoms with van der Waals surface area (Å²) in [4.78, 5) is 24.4. The van der Waals surface area contributed by atoms with Gasteiger partial charge in [0.2, 0.25) is 0 Å². The third kappa shape index (κ3) is 3.41. The second-order valence-electron chi connectivity index (χ2n) is 4.01. The van der Waals surface area contributed by atoms with Crippen LogP contribution >= 0.6 is 22.7 Å². The molecular weight excluding hydrogens is 306 g/mol. The lowest BCUT2D eigenvalue weighted by molar-refractivity contribution is 0.251. The second kappa shape index (κ2) is 6.42. The lowest BCUT2D eigenvalue weighted by Crippen LogP contribution is -2.28. The van der Waals surface area contributed by atoms with Crippen molar-refractivity contribution in [1.82, 2.24) is 20.3 Å². The van der Waals surface area contributed by atoms with Gasteiger partial charge in [-0.2, -0.15) is 11.3 Å². The first-order valence-corrected chi connectivity index (χ1v) is 7.92. The normalized spacial score (nSPS) is 10.3. The van der Waals surface area contributed by atoms with Crippen molar-refractivity contribution in [1.29, 1.82) is 0 Å². The Bertz CT molecular complexity index is 712. The van der Waals surface area contributed by atoms with E-state index in [0.29, 0.717) is 11.7 Å². The van der Waals surface area contributed by atoms with Crippen molar-refractivity contribution >= 4 is 33.8 Å². The van der Waals surface area contributed by atoms with Crippen LogP contribution in [0.4, 0.5) is 9.93 Å². The van der Waals surface area contributed by atoms with E-state index in [1.165, 1.54) is 11.3 Å². The highest BCUT2D eigenvalue weighted by atomic mass is 32.1. The van der Waals surface area contributed by atoms with Gasteiger partial charge in [-0.15, -0.1) is 11.3 Å². The standard InChI is InChI=1S/C13H11N5OS2/c19-12(18-13-16-4-6-21-13)17-7-10-11(15-3-2-14-10)9-1-5-20-8-9/h1-6,8H,7H2,(H2,16,17,18,19). The van der Waals surface area contributed by atoms with E-state index in [4.69, 9.17) is 0 Å². The SMILES string of the molecule is O=C(NCc1nccnc1-c1ccsc1)Nc1nccs1. The topological polar surface area (TPSA) is 79.8 Å². The van der Waals surface area contributed by atoms with Gasteiger partial charge >= 0.3 is 6.03 Å². The van der Waals surface area contributed by atoms with Crippen LogP contribution in [0.15, 0.2) is 40.8 Å². The average molecular weight is 317 g/mol. The Morgan fingerprint density at radius 1 is 1.14 bits per heavy atom. The van der Waals surface area contributed by atoms with E-state index in [1.54, 1.807) is 35.3 Å². The van der Waals surface area contributed by atoms with Crippen LogP contribution < -0.4 is 10.6 Å². The molecule has 6 nitrogen and oxygen atoms in total. The molecule has 3 aromatic heterocycles. The van der Waals surface area contributed by atoms with E-state index in [2.05, 4.69) is 25.6 Å². The van der Waals surface area contributed by atoms with Crippen molar-refractivity contribution < 1.29 is 4.79 Å². The molecule has 0 aliphatic heterocycles. The van der Waals surface area contributed by atoms with E-state index in [9.17, 15) is 4.79 Å². The molecule has 0 fully saturated rings. The number of urea groups is 1. The zero-order valence-electron chi connectivity index (χ0n) is 10.8. The summed E-state index contributed by atoms with van der Waals surface area (Å²) < 4.78 is 0. The maximum Gasteiger partial charge on any atom is 0.321 e. The van der Waals surface area contributed by atoms with Crippen molar-refractivity contribution in [2.75, 3.05) is 5.32 Å². The number of aromatic nitrogens is 3. The van der Waals surface area contributed by atoms with Crippen LogP contribution in [0.3, 0.4) is 0 Å². The number of carbonyl (C=O) groups excluding carboxylic acids is 1. The van der Waals surface area contributed by atoms with Gasteiger partial charge in [0.15, 0.2) is 5.13 Å². The molecule has 0 bridgehead atoms. The average Bonchev–Trinajstić information content (AvgIpc) is 3.18. The minimum Gasteiger partial charge on any atom is -0.332 e. The maximum absolute atomic E-state index is 11.8. The molecule has 2 amide bonds. The van der Waals surface area contributed by atoms with Crippen molar-refractivity contribution in [2.45, 2.75) is 6.54 Å². The quantitative estimate of drug-likeness (QED) is 0.775. The third-order valence-corrected chi connectivity index (χ3v) is 4.01. The van der Waals surface area contributed by atoms with Gasteiger partial charge < -0.3 is 5.32 Å². The maximum atomic E-state index is 11.8. The van der Waals surface area contributed by atoms with E-state index in [0.717, 1.165) is 17.0 Å². The summed E-state index contributed by atoms with van der Waals surface area (Å²) in [5.41, 5.74) is 2.52. The Labute approximate surface area is 128 Å². The molecule has 21 heavy (non-hydrogen) atoms. The zero-order chi connectivity index (χ0) is 14.5. The Hall–Kier alpha value is -2.32. The van der Waals surface area contributed by atoms with Gasteiger partial charge in [-0.05, 0) is 11.4 Å². The Kier molecular flexibility index (Phi) is 4.17. The largest absolute Gasteiger partial charge is 0.332 e. The molecule has 106 valence electrons. The summed E-state index contributed by atoms with van der Waals surface area (Å²) in [6.45, 7) is 0.302. The zero-order valence-corrected chi connectivity index (χ0v) is 12.4. The minimum atomic E-state index is -0.313. The van der Waals surface area contributed by atoms with Crippen LogP contribution in [0.25, 0.3) is 11.3 Å². The number of hydrogen-bond donors (Lipinski definition) is 2. The molecule has 3 aromatic rings. The van der Waals surface area contributed by atoms with Crippen LogP contribution in [-0.2, 0) is 6.54 Å². The molecule has 0 spiro atoms. The van der Waals surface area contributed by atoms with Gasteiger partial charge in [0, 0.05) is 34.9 Å². The summed E-state index contributed by atoms with van der Waals surface area (Å²) in [6.07, 6.45) is 4.90. The van der Waals surface area contributed by atoms with Gasteiger partial charge in [-0.1, -0.05) is 0 Å². The lowest BCUT2D eigenvalue weighted by atomic mass is 10.2. The van der Waals surface area contributed by atoms with Crippen LogP contribution in [0.5, 0.6) is 0 Å². The van der Waals surface area contributed by atoms with Gasteiger partial charge in [-0.3, -0.25) is 15.3 Å². The fraction of sp³-hybridized carbons (Fsp3) is 0.0769. The highest BCUT2D eigenvalue weighted by Crippen LogP contribution is 2.22. The summed E-state index contributed by atoms with van der Waals surface area (Å²) in [6, 6.07) is 1.67. The van der Waals surface area contributed by atoms with Crippen molar-refractivity contribution in [2.24, 2.45) is 0 Å². The Morgan fingerprint density at radius 2 is 2.05 bits per heavy atom. The first kappa shape index (κ1) is 13.7. The van der Waals surface area contributed by atoms with Crippen molar-refractivity contribution in [3.8, 4) is 11.3 Å². The Morgan fingerprint density at radius 3 is 2.81 bits per heavy atom. The molecule has 0 unspecified atom stereocenters. The van der Waals surface area contributed by atoms with Crippen LogP contribution in [0.1, 0.15) is 5.69 Å². The number of hydrogen-bond acceptors (Lipinski definition) is 6. The molecule has 0 saturated heterocycles. The summed E-state index contributed by atoms with van der Waals surface area (Å²) in [7, 11) is 0. The minimum absolute atomic E-state index is 0.302. The number of thiazole rings is 1. The summed E-state index contributed by atoms with van der Waals surface area (Å²) in [5, 5.41) is 11.8. The summed E-state index contributed by atoms with van der Waals surface area (Å²) in [5.74, 6) is 0. The number of anilines is 1. The van der Waals surface area contributed by atoms with E-state index < -0.39 is 0 Å². The molecule has 3 rings (SSSR count). The molecule has 0 radical (unpaired) electrons. The fourth-order valence-corrected chi connectivity index (χ4v) is 2.89. The molecule has 2 N–H and O–H groups in total. The van der Waals surface area contributed by atoms with Gasteiger partial charge in [0.05, 0.1) is 17.9 Å². The first-order chi connectivity index (χ1) is 10.3. The number of rotatable bonds is 4. The van der Waals surface area contributed by atoms with E-state index in [-0.39, 0.29) is 6.03 Å². The molecule has 0 saturated carbocycles. The van der Waals surface area contributed by atoms with Gasteiger partial charge in [-0.25, -0.2) is 9.78 Å². The first-order valence-electron chi connectivity index (χ1n) is 6.10. The predicted molar refractivity (Wildman–Crippen MR) is 83.3 cm³/mol. The molecule has 0 aromatic carbocycles. The lowest BCUT2D eigenvalue weighted by Gasteiger charge is -2.08. The molecule has 0 aliphatic carbocycles. The fourth-order valence-electron chi connectivity index (χ4n) is 1.73. The van der Waals surface area contributed by atoms with Crippen molar-refractivity contribution in [3.05, 3.63) is 46.5 Å². The number of amides is 2. The van der Waals surface area contributed by atoms with Gasteiger partial charge in [0.25, 0.3) is 0 Å². The van der Waals surface area contributed by atoms with Crippen LogP contribution in [0, 0.1) is 0 Å². The van der Waals surface area contributed by atoms with Crippen LogP contribution in [0.2, 0.25) is 0 Å². The van der Waals surface area contributed by atoms with Crippen molar-refractivity contribution in [3.63, 3.8) is 0 Å². The second-order valence-corrected chi connectivity index (χ2v) is 5.68. The number of nitrogens with one attached hydrogen (secondary N) is 2. The summed E-state index contributed by atoms with van der Waals surface area (Å²) >= 11 is 2.96. The molecular formula is C13H11N5OS2. The van der Waals surface area contributed by atoms with E-state index >= 15 is 0 Å². The smallest absolute Gasteiger partial charge is 0.321 e. The van der Waals surface area contributed by atoms with Gasteiger partial charge in [0.1, 0.15) is 0 Å². The number of thiophene rings is 1. The van der Waals surface area contributed by atoms with Crippen LogP contribution in [-0.4, -0.2) is 21.0 Å². The predicted octanol–water partition coefficient (Wildman–Crippen LogP) is 2.98. The molecule has 8 heteroatoms. The molecule has 0 aliphatic rings. The third-order valence-electron chi connectivity index (χ3n) is 2.64. The monoisotopic (exact) mass is 317 g/mol. The number of nitrogens with zero attached hydrogens (tertiary/aromatic N) is 3.